The van der Waals surface area contributed by atoms with Crippen molar-refractivity contribution in [2.75, 3.05) is 12.0 Å². The number of hydrogen-bond acceptors (Lipinski definition) is 10. The molecule has 0 aliphatic heterocycles. The normalized spacial score (nSPS) is 14.2. The average molecular weight is 821 g/mol. The van der Waals surface area contributed by atoms with Gasteiger partial charge in [-0.2, -0.15) is 11.8 Å². The summed E-state index contributed by atoms with van der Waals surface area (Å²) in [5.74, 6) is -4.25. The number of aromatic amines is 1. The molecule has 17 nitrogen and oxygen atoms in total. The van der Waals surface area contributed by atoms with Crippen LogP contribution in [-0.2, 0) is 52.8 Å². The molecule has 0 fully saturated rings. The van der Waals surface area contributed by atoms with E-state index in [2.05, 4.69) is 36.6 Å². The molecule has 7 amide bonds. The molecule has 0 spiro atoms. The summed E-state index contributed by atoms with van der Waals surface area (Å²) in [5, 5.41) is 13.6. The quantitative estimate of drug-likeness (QED) is 0.0540. The lowest BCUT2D eigenvalue weighted by Gasteiger charge is -2.28. The fourth-order valence-corrected chi connectivity index (χ4v) is 6.44. The number of imidazole rings is 1. The van der Waals surface area contributed by atoms with Crippen molar-refractivity contribution < 1.29 is 33.6 Å². The van der Waals surface area contributed by atoms with Crippen LogP contribution in [-0.4, -0.2) is 99.6 Å². The fourth-order valence-electron chi connectivity index (χ4n) is 5.96. The van der Waals surface area contributed by atoms with Gasteiger partial charge in [0.2, 0.25) is 41.4 Å². The molecule has 12 N–H and O–H groups in total. The van der Waals surface area contributed by atoms with Crippen molar-refractivity contribution in [2.24, 2.45) is 23.1 Å². The maximum Gasteiger partial charge on any atom is 0.243 e. The molecular formula is C40H56N10O7S. The predicted octanol–water partition coefficient (Wildman–Crippen LogP) is -0.261. The minimum atomic E-state index is -1.27. The number of primary amides is 2. The van der Waals surface area contributed by atoms with Crippen LogP contribution in [0.15, 0.2) is 73.2 Å². The van der Waals surface area contributed by atoms with E-state index >= 15 is 0 Å². The van der Waals surface area contributed by atoms with Crippen LogP contribution < -0.4 is 43.8 Å². The number of H-pyrrole nitrogens is 1. The van der Waals surface area contributed by atoms with Crippen molar-refractivity contribution in [1.82, 2.24) is 36.6 Å². The topological polar surface area (TPSA) is 286 Å². The van der Waals surface area contributed by atoms with Gasteiger partial charge in [-0.1, -0.05) is 74.5 Å². The first kappa shape index (κ1) is 46.6. The molecule has 1 heterocycles. The van der Waals surface area contributed by atoms with Crippen molar-refractivity contribution in [1.29, 1.82) is 0 Å². The summed E-state index contributed by atoms with van der Waals surface area (Å²) < 4.78 is 0. The predicted molar refractivity (Wildman–Crippen MR) is 220 cm³/mol. The molecule has 0 aliphatic rings. The lowest BCUT2D eigenvalue weighted by atomic mass is 10.0. The smallest absolute Gasteiger partial charge is 0.243 e. The summed E-state index contributed by atoms with van der Waals surface area (Å²) in [5.41, 5.74) is 18.7. The molecule has 3 aromatic rings. The van der Waals surface area contributed by atoms with Gasteiger partial charge in [0.1, 0.15) is 30.2 Å². The Balaban J connectivity index is 1.92. The van der Waals surface area contributed by atoms with Crippen molar-refractivity contribution in [3.63, 3.8) is 0 Å². The third kappa shape index (κ3) is 16.4. The summed E-state index contributed by atoms with van der Waals surface area (Å²) in [4.78, 5) is 99.5. The Labute approximate surface area is 342 Å². The second-order valence-electron chi connectivity index (χ2n) is 14.4. The summed E-state index contributed by atoms with van der Waals surface area (Å²) in [6, 6.07) is 10.9. The van der Waals surface area contributed by atoms with Gasteiger partial charge in [-0.3, -0.25) is 33.6 Å². The number of rotatable bonds is 25. The molecule has 0 bridgehead atoms. The van der Waals surface area contributed by atoms with E-state index in [-0.39, 0.29) is 44.4 Å². The van der Waals surface area contributed by atoms with Crippen LogP contribution in [0.2, 0.25) is 0 Å². The van der Waals surface area contributed by atoms with E-state index in [9.17, 15) is 33.6 Å². The summed E-state index contributed by atoms with van der Waals surface area (Å²) >= 11 is 1.49. The van der Waals surface area contributed by atoms with Gasteiger partial charge in [-0.05, 0) is 48.3 Å². The first-order chi connectivity index (χ1) is 27.7. The molecule has 6 atom stereocenters. The largest absolute Gasteiger partial charge is 0.370 e. The number of benzene rings is 2. The summed E-state index contributed by atoms with van der Waals surface area (Å²) in [7, 11) is 0. The lowest BCUT2D eigenvalue weighted by molar-refractivity contribution is -0.135. The molecule has 3 rings (SSSR count). The molecule has 2 aromatic carbocycles. The van der Waals surface area contributed by atoms with Crippen molar-refractivity contribution in [2.45, 2.75) is 95.0 Å². The van der Waals surface area contributed by atoms with E-state index in [4.69, 9.17) is 17.2 Å². The van der Waals surface area contributed by atoms with Gasteiger partial charge >= 0.3 is 0 Å². The summed E-state index contributed by atoms with van der Waals surface area (Å²) in [6.07, 6.45) is 5.09. The molecule has 1 aromatic heterocycles. The van der Waals surface area contributed by atoms with Gasteiger partial charge in [0, 0.05) is 37.6 Å². The Morgan fingerprint density at radius 2 is 1.12 bits per heavy atom. The van der Waals surface area contributed by atoms with Crippen LogP contribution in [0.5, 0.6) is 0 Å². The first-order valence-corrected chi connectivity index (χ1v) is 20.4. The number of carbonyl (C=O) groups is 7. The van der Waals surface area contributed by atoms with Crippen LogP contribution in [0.3, 0.4) is 0 Å². The van der Waals surface area contributed by atoms with Gasteiger partial charge in [0.15, 0.2) is 0 Å². The number of nitrogens with two attached hydrogens (primary N) is 3. The van der Waals surface area contributed by atoms with E-state index in [1.807, 2.05) is 20.1 Å². The van der Waals surface area contributed by atoms with Crippen LogP contribution in [0.1, 0.15) is 56.4 Å². The van der Waals surface area contributed by atoms with Crippen molar-refractivity contribution in [3.05, 3.63) is 90.0 Å². The first-order valence-electron chi connectivity index (χ1n) is 19.1. The highest BCUT2D eigenvalue weighted by molar-refractivity contribution is 7.98. The Bertz CT molecular complexity index is 1800. The van der Waals surface area contributed by atoms with E-state index in [0.29, 0.717) is 29.0 Å². The standard InChI is InChI=1S/C40H56N10O7S/c1-24(2)18-30(37(54)46-29(35(43)52)16-17-58-3)48-40(57)33(21-27-22-44-23-45-27)50-39(56)32(20-26-12-8-5-9-13-26)49-38(55)31(19-25-10-6-4-7-11-25)47-36(53)28(41)14-15-34(42)51/h4-13,22-24,28-33H,14-21,41H2,1-3H3,(H2,42,51)(H2,43,52)(H,44,45)(H,46,54)(H,47,53)(H,48,57)(H,49,55)(H,50,56)/t28-,29-,30-,31+,32-,33+/m0/s1. The Hall–Kier alpha value is -5.75. The molecule has 18 heteroatoms. The third-order valence-corrected chi connectivity index (χ3v) is 9.74. The maximum absolute atomic E-state index is 14.3. The number of carbonyl (C=O) groups excluding carboxylic acids is 7. The molecule has 0 aliphatic carbocycles. The molecule has 314 valence electrons. The van der Waals surface area contributed by atoms with Crippen molar-refractivity contribution in [3.8, 4) is 0 Å². The molecule has 0 saturated heterocycles. The molecule has 0 saturated carbocycles. The van der Waals surface area contributed by atoms with Crippen LogP contribution in [0, 0.1) is 5.92 Å². The van der Waals surface area contributed by atoms with Crippen LogP contribution >= 0.6 is 11.8 Å². The minimum Gasteiger partial charge on any atom is -0.370 e. The SMILES string of the molecule is CSCC[C@H](NC(=O)[C@H](CC(C)C)NC(=O)[C@@H](Cc1cnc[nH]1)NC(=O)[C@H](Cc1ccccc1)NC(=O)[C@@H](Cc1ccccc1)NC(=O)[C@@H](N)CCC(N)=O)C(N)=O. The number of thioether (sulfide) groups is 1. The molecular weight excluding hydrogens is 765 g/mol. The number of nitrogens with zero attached hydrogens (tertiary/aromatic N) is 1. The monoisotopic (exact) mass is 820 g/mol. The van der Waals surface area contributed by atoms with Gasteiger partial charge in [-0.25, -0.2) is 4.98 Å². The van der Waals surface area contributed by atoms with Crippen LogP contribution in [0.4, 0.5) is 0 Å². The third-order valence-electron chi connectivity index (χ3n) is 9.09. The lowest BCUT2D eigenvalue weighted by Crippen LogP contribution is -2.60. The van der Waals surface area contributed by atoms with E-state index in [1.54, 1.807) is 60.7 Å². The van der Waals surface area contributed by atoms with E-state index < -0.39 is 77.6 Å². The molecule has 58 heavy (non-hydrogen) atoms. The van der Waals surface area contributed by atoms with Crippen molar-refractivity contribution >= 4 is 53.1 Å². The van der Waals surface area contributed by atoms with Gasteiger partial charge in [0.25, 0.3) is 0 Å². The highest BCUT2D eigenvalue weighted by Gasteiger charge is 2.33. The minimum absolute atomic E-state index is 0.00384. The van der Waals surface area contributed by atoms with Gasteiger partial charge < -0.3 is 48.8 Å². The molecule has 0 radical (unpaired) electrons. The highest BCUT2D eigenvalue weighted by atomic mass is 32.2. The Kier molecular flexibility index (Phi) is 19.4. The average Bonchev–Trinajstić information content (AvgIpc) is 3.71. The van der Waals surface area contributed by atoms with Crippen LogP contribution in [0.25, 0.3) is 0 Å². The second kappa shape index (κ2) is 24.1. The zero-order valence-corrected chi connectivity index (χ0v) is 33.9. The Morgan fingerprint density at radius 3 is 1.57 bits per heavy atom. The number of nitrogens with one attached hydrogen (secondary N) is 6. The van der Waals surface area contributed by atoms with E-state index in [0.717, 1.165) is 0 Å². The zero-order chi connectivity index (χ0) is 42.6. The zero-order valence-electron chi connectivity index (χ0n) is 33.1. The highest BCUT2D eigenvalue weighted by Crippen LogP contribution is 2.11. The Morgan fingerprint density at radius 1 is 0.655 bits per heavy atom. The maximum atomic E-state index is 14.3. The number of hydrogen-bond donors (Lipinski definition) is 9. The summed E-state index contributed by atoms with van der Waals surface area (Å²) in [6.45, 7) is 3.74. The fraction of sp³-hybridized carbons (Fsp3) is 0.450. The van der Waals surface area contributed by atoms with E-state index in [1.165, 1.54) is 24.3 Å². The van der Waals surface area contributed by atoms with Gasteiger partial charge in [0.05, 0.1) is 12.4 Å². The van der Waals surface area contributed by atoms with Gasteiger partial charge in [-0.15, -0.1) is 0 Å². The molecule has 0 unspecified atom stereocenters. The number of amides is 7. The number of aromatic nitrogens is 2. The second-order valence-corrected chi connectivity index (χ2v) is 15.4.